The van der Waals surface area contributed by atoms with E-state index in [0.717, 1.165) is 11.0 Å². The van der Waals surface area contributed by atoms with Crippen LogP contribution in [0.1, 0.15) is 0 Å². The summed E-state index contributed by atoms with van der Waals surface area (Å²) in [6.45, 7) is 0. The summed E-state index contributed by atoms with van der Waals surface area (Å²) in [6.07, 6.45) is 0. The Bertz CT molecular complexity index is 409. The van der Waals surface area contributed by atoms with Gasteiger partial charge >= 0.3 is 0 Å². The van der Waals surface area contributed by atoms with Crippen molar-refractivity contribution in [2.45, 2.75) is 0 Å². The van der Waals surface area contributed by atoms with E-state index >= 15 is 0 Å². The van der Waals surface area contributed by atoms with Crippen LogP contribution in [0.25, 0.3) is 11.0 Å². The van der Waals surface area contributed by atoms with E-state index in [-0.39, 0.29) is 12.4 Å². The third kappa shape index (κ3) is 1.46. The summed E-state index contributed by atoms with van der Waals surface area (Å²) in [5.41, 5.74) is 4.56. The van der Waals surface area contributed by atoms with E-state index in [4.69, 9.17) is 5.84 Å². The van der Waals surface area contributed by atoms with Crippen LogP contribution in [0.2, 0.25) is 0 Å². The standard InChI is InChI=1S/C8H10N4.ClH/c1-12-7-5-3-2-4-6(7)10-8(12)11-9;/h2-5H,9H2,1H3,(H,10,11);1H/p-1. The fraction of sp³-hybridized carbons (Fsp3) is 0.125. The van der Waals surface area contributed by atoms with E-state index in [1.54, 1.807) is 0 Å². The number of rotatable bonds is 1. The van der Waals surface area contributed by atoms with Crippen molar-refractivity contribution in [2.75, 3.05) is 5.43 Å². The average Bonchev–Trinajstić information content (AvgIpc) is 2.44. The Kier molecular flexibility index (Phi) is 2.75. The van der Waals surface area contributed by atoms with Crippen LogP contribution in [0.15, 0.2) is 24.3 Å². The molecule has 0 radical (unpaired) electrons. The highest BCUT2D eigenvalue weighted by Crippen LogP contribution is 2.16. The van der Waals surface area contributed by atoms with Crippen LogP contribution in [0.4, 0.5) is 5.95 Å². The van der Waals surface area contributed by atoms with Crippen LogP contribution in [0, 0.1) is 0 Å². The number of nitrogens with zero attached hydrogens (tertiary/aromatic N) is 2. The first-order chi connectivity index (χ1) is 5.83. The molecule has 2 rings (SSSR count). The zero-order valence-electron chi connectivity index (χ0n) is 7.16. The summed E-state index contributed by atoms with van der Waals surface area (Å²) < 4.78 is 1.91. The molecule has 2 aromatic rings. The number of anilines is 1. The SMILES string of the molecule is Cn1c(NN)nc2ccccc21.[Cl-]. The minimum absolute atomic E-state index is 0. The summed E-state index contributed by atoms with van der Waals surface area (Å²) in [5.74, 6) is 5.96. The Morgan fingerprint density at radius 1 is 1.38 bits per heavy atom. The van der Waals surface area contributed by atoms with Gasteiger partial charge in [0.1, 0.15) is 0 Å². The van der Waals surface area contributed by atoms with Gasteiger partial charge in [-0.2, -0.15) is 0 Å². The number of imidazole rings is 1. The van der Waals surface area contributed by atoms with Crippen molar-refractivity contribution in [1.82, 2.24) is 9.55 Å². The van der Waals surface area contributed by atoms with E-state index in [0.29, 0.717) is 5.95 Å². The van der Waals surface area contributed by atoms with Crippen LogP contribution < -0.4 is 23.7 Å². The van der Waals surface area contributed by atoms with Gasteiger partial charge in [0.25, 0.3) is 0 Å². The van der Waals surface area contributed by atoms with Gasteiger partial charge in [-0.05, 0) is 12.1 Å². The monoisotopic (exact) mass is 197 g/mol. The lowest BCUT2D eigenvalue weighted by atomic mass is 10.3. The van der Waals surface area contributed by atoms with Crippen molar-refractivity contribution in [3.63, 3.8) is 0 Å². The zero-order valence-corrected chi connectivity index (χ0v) is 7.92. The summed E-state index contributed by atoms with van der Waals surface area (Å²) >= 11 is 0. The molecule has 4 nitrogen and oxygen atoms in total. The number of para-hydroxylation sites is 2. The van der Waals surface area contributed by atoms with Gasteiger partial charge in [0, 0.05) is 7.05 Å². The van der Waals surface area contributed by atoms with Crippen molar-refractivity contribution < 1.29 is 12.4 Å². The second-order valence-corrected chi connectivity index (χ2v) is 2.63. The number of nitrogens with two attached hydrogens (primary N) is 1. The summed E-state index contributed by atoms with van der Waals surface area (Å²) in [5, 5.41) is 0. The molecule has 0 atom stereocenters. The van der Waals surface area contributed by atoms with Crippen LogP contribution in [0.5, 0.6) is 0 Å². The molecule has 1 aromatic heterocycles. The smallest absolute Gasteiger partial charge is 0.218 e. The first-order valence-electron chi connectivity index (χ1n) is 3.71. The molecule has 1 heterocycles. The summed E-state index contributed by atoms with van der Waals surface area (Å²) in [4.78, 5) is 4.26. The Balaban J connectivity index is 0.000000845. The van der Waals surface area contributed by atoms with Crippen molar-refractivity contribution in [1.29, 1.82) is 0 Å². The van der Waals surface area contributed by atoms with Gasteiger partial charge < -0.3 is 17.0 Å². The maximum Gasteiger partial charge on any atom is 0.218 e. The number of hydrogen-bond donors (Lipinski definition) is 2. The Morgan fingerprint density at radius 3 is 2.69 bits per heavy atom. The number of halogens is 1. The topological polar surface area (TPSA) is 55.9 Å². The number of benzene rings is 1. The molecular formula is C8H10ClN4-. The second kappa shape index (κ2) is 3.64. The van der Waals surface area contributed by atoms with E-state index in [1.165, 1.54) is 0 Å². The lowest BCUT2D eigenvalue weighted by molar-refractivity contribution is -0.00000262. The van der Waals surface area contributed by atoms with Crippen molar-refractivity contribution >= 4 is 17.0 Å². The number of aryl methyl sites for hydroxylation is 1. The molecule has 0 aliphatic heterocycles. The van der Waals surface area contributed by atoms with E-state index in [1.807, 2.05) is 35.9 Å². The minimum atomic E-state index is 0. The lowest BCUT2D eigenvalue weighted by Gasteiger charge is -1.98. The molecule has 0 fully saturated rings. The van der Waals surface area contributed by atoms with Crippen LogP contribution in [0.3, 0.4) is 0 Å². The molecule has 0 bridgehead atoms. The molecule has 0 unspecified atom stereocenters. The van der Waals surface area contributed by atoms with Crippen molar-refractivity contribution in [3.8, 4) is 0 Å². The molecule has 0 saturated heterocycles. The third-order valence-corrected chi connectivity index (χ3v) is 1.92. The highest BCUT2D eigenvalue weighted by molar-refractivity contribution is 5.78. The van der Waals surface area contributed by atoms with E-state index in [9.17, 15) is 0 Å². The number of nitrogen functional groups attached to an aromatic ring is 1. The second-order valence-electron chi connectivity index (χ2n) is 2.63. The molecule has 3 N–H and O–H groups in total. The van der Waals surface area contributed by atoms with E-state index in [2.05, 4.69) is 10.4 Å². The molecule has 0 amide bonds. The predicted octanol–water partition coefficient (Wildman–Crippen LogP) is -2.14. The van der Waals surface area contributed by atoms with Gasteiger partial charge in [0.2, 0.25) is 5.95 Å². The van der Waals surface area contributed by atoms with Gasteiger partial charge in [-0.1, -0.05) is 12.1 Å². The zero-order chi connectivity index (χ0) is 8.55. The van der Waals surface area contributed by atoms with Crippen molar-refractivity contribution in [2.24, 2.45) is 12.9 Å². The van der Waals surface area contributed by atoms with Gasteiger partial charge in [-0.25, -0.2) is 10.8 Å². The maximum atomic E-state index is 5.28. The molecule has 0 aliphatic rings. The first-order valence-corrected chi connectivity index (χ1v) is 3.71. The molecule has 70 valence electrons. The number of nitrogens with one attached hydrogen (secondary N) is 1. The number of fused-ring (bicyclic) bond motifs is 1. The first kappa shape index (κ1) is 9.83. The van der Waals surface area contributed by atoms with Crippen LogP contribution >= 0.6 is 0 Å². The summed E-state index contributed by atoms with van der Waals surface area (Å²) in [6, 6.07) is 7.89. The quantitative estimate of drug-likeness (QED) is 0.406. The highest BCUT2D eigenvalue weighted by atomic mass is 35.5. The molecule has 0 aliphatic carbocycles. The Morgan fingerprint density at radius 2 is 2.08 bits per heavy atom. The van der Waals surface area contributed by atoms with Gasteiger partial charge in [0.05, 0.1) is 11.0 Å². The normalized spacial score (nSPS) is 9.69. The summed E-state index contributed by atoms with van der Waals surface area (Å²) in [7, 11) is 1.92. The lowest BCUT2D eigenvalue weighted by Crippen LogP contribution is -3.00. The average molecular weight is 198 g/mol. The van der Waals surface area contributed by atoms with Crippen LogP contribution in [-0.4, -0.2) is 9.55 Å². The number of hydrogen-bond acceptors (Lipinski definition) is 3. The largest absolute Gasteiger partial charge is 1.00 e. The molecule has 1 aromatic carbocycles. The molecule has 0 saturated carbocycles. The van der Waals surface area contributed by atoms with Crippen LogP contribution in [-0.2, 0) is 7.05 Å². The van der Waals surface area contributed by atoms with E-state index < -0.39 is 0 Å². The number of hydrazine groups is 1. The highest BCUT2D eigenvalue weighted by Gasteiger charge is 2.03. The van der Waals surface area contributed by atoms with Crippen molar-refractivity contribution in [3.05, 3.63) is 24.3 Å². The molecular weight excluding hydrogens is 188 g/mol. The number of aromatic nitrogens is 2. The Hall–Kier alpha value is -1.26. The van der Waals surface area contributed by atoms with Gasteiger partial charge in [-0.15, -0.1) is 0 Å². The predicted molar refractivity (Wildman–Crippen MR) is 48.5 cm³/mol. The molecule has 0 spiro atoms. The van der Waals surface area contributed by atoms with Gasteiger partial charge in [-0.3, -0.25) is 5.43 Å². The fourth-order valence-electron chi connectivity index (χ4n) is 1.27. The molecule has 13 heavy (non-hydrogen) atoms. The third-order valence-electron chi connectivity index (χ3n) is 1.92. The Labute approximate surface area is 82.1 Å². The maximum absolute atomic E-state index is 5.28. The fourth-order valence-corrected chi connectivity index (χ4v) is 1.27. The minimum Gasteiger partial charge on any atom is -1.00 e. The molecule has 5 heteroatoms. The van der Waals surface area contributed by atoms with Gasteiger partial charge in [0.15, 0.2) is 0 Å².